The van der Waals surface area contributed by atoms with Crippen molar-refractivity contribution in [3.8, 4) is 0 Å². The normalized spacial score (nSPS) is 17.3. The predicted octanol–water partition coefficient (Wildman–Crippen LogP) is 3.73. The number of aliphatic hydroxyl groups is 1. The van der Waals surface area contributed by atoms with Crippen LogP contribution in [0.1, 0.15) is 31.4 Å². The first-order valence-electron chi connectivity index (χ1n) is 5.59. The van der Waals surface area contributed by atoms with Gasteiger partial charge in [0.25, 0.3) is 0 Å². The van der Waals surface area contributed by atoms with Gasteiger partial charge in [-0.3, -0.25) is 0 Å². The molecule has 1 nitrogen and oxygen atoms in total. The fourth-order valence-electron chi connectivity index (χ4n) is 2.16. The molecule has 1 N–H and O–H groups in total. The lowest BCUT2D eigenvalue weighted by Crippen LogP contribution is -2.42. The summed E-state index contributed by atoms with van der Waals surface area (Å²) in [5.74, 6) is -0.711. The Labute approximate surface area is 103 Å². The number of alkyl halides is 3. The van der Waals surface area contributed by atoms with Crippen molar-refractivity contribution in [1.29, 1.82) is 0 Å². The highest BCUT2D eigenvalue weighted by Crippen LogP contribution is 2.45. The lowest BCUT2D eigenvalue weighted by molar-refractivity contribution is -0.193. The molecule has 1 aromatic carbocycles. The molecule has 1 rings (SSSR count). The summed E-state index contributed by atoms with van der Waals surface area (Å²) in [4.78, 5) is 0. The number of hydrogen-bond donors (Lipinski definition) is 1. The van der Waals surface area contributed by atoms with Gasteiger partial charge in [-0.05, 0) is 50.5 Å². The molecule has 2 atom stereocenters. The Hall–Kier alpha value is -1.10. The Morgan fingerprint density at radius 3 is 2.28 bits per heavy atom. The van der Waals surface area contributed by atoms with Crippen molar-refractivity contribution in [2.75, 3.05) is 0 Å². The molecule has 0 heterocycles. The van der Waals surface area contributed by atoms with E-state index in [1.165, 1.54) is 19.9 Å². The monoisotopic (exact) mass is 264 g/mol. The predicted molar refractivity (Wildman–Crippen MR) is 60.8 cm³/mol. The molecule has 0 aromatic heterocycles. The third-order valence-corrected chi connectivity index (χ3v) is 3.12. The van der Waals surface area contributed by atoms with Gasteiger partial charge in [0.2, 0.25) is 0 Å². The van der Waals surface area contributed by atoms with Crippen LogP contribution < -0.4 is 0 Å². The number of rotatable bonds is 3. The van der Waals surface area contributed by atoms with Crippen LogP contribution in [0, 0.1) is 12.7 Å². The molecule has 0 spiro atoms. The molecule has 0 aliphatic heterocycles. The maximum atomic E-state index is 13.2. The second-order valence-electron chi connectivity index (χ2n) is 4.84. The minimum atomic E-state index is -4.55. The van der Waals surface area contributed by atoms with Gasteiger partial charge in [0.15, 0.2) is 0 Å². The minimum absolute atomic E-state index is 0.129. The van der Waals surface area contributed by atoms with Crippen LogP contribution in [0.2, 0.25) is 0 Å². The Bertz CT molecular complexity index is 425. The van der Waals surface area contributed by atoms with Crippen LogP contribution in [-0.2, 0) is 5.41 Å². The van der Waals surface area contributed by atoms with Gasteiger partial charge in [-0.2, -0.15) is 13.2 Å². The zero-order valence-electron chi connectivity index (χ0n) is 10.5. The van der Waals surface area contributed by atoms with E-state index in [0.717, 1.165) is 19.1 Å². The topological polar surface area (TPSA) is 20.2 Å². The molecule has 0 saturated carbocycles. The summed E-state index contributed by atoms with van der Waals surface area (Å²) in [7, 11) is 0. The van der Waals surface area contributed by atoms with Crippen LogP contribution in [0.4, 0.5) is 17.6 Å². The average molecular weight is 264 g/mol. The van der Waals surface area contributed by atoms with Crippen LogP contribution >= 0.6 is 0 Å². The molecule has 1 aromatic rings. The lowest BCUT2D eigenvalue weighted by atomic mass is 9.75. The molecule has 0 saturated heterocycles. The molecule has 0 bridgehead atoms. The molecule has 0 radical (unpaired) electrons. The fourth-order valence-corrected chi connectivity index (χ4v) is 2.16. The van der Waals surface area contributed by atoms with Gasteiger partial charge in [0, 0.05) is 0 Å². The van der Waals surface area contributed by atoms with E-state index in [0.29, 0.717) is 5.56 Å². The van der Waals surface area contributed by atoms with E-state index in [2.05, 4.69) is 0 Å². The second-order valence-corrected chi connectivity index (χ2v) is 4.84. The summed E-state index contributed by atoms with van der Waals surface area (Å²) in [6.45, 7) is 3.78. The van der Waals surface area contributed by atoms with Crippen LogP contribution in [0.5, 0.6) is 0 Å². The fraction of sp³-hybridized carbons (Fsp3) is 0.538. The largest absolute Gasteiger partial charge is 0.398 e. The van der Waals surface area contributed by atoms with E-state index in [1.807, 2.05) is 0 Å². The Balaban J connectivity index is 3.39. The van der Waals surface area contributed by atoms with E-state index in [1.54, 1.807) is 0 Å². The van der Waals surface area contributed by atoms with E-state index >= 15 is 0 Å². The van der Waals surface area contributed by atoms with Gasteiger partial charge >= 0.3 is 6.18 Å². The average Bonchev–Trinajstić information content (AvgIpc) is 2.18. The number of hydrogen-bond acceptors (Lipinski definition) is 1. The molecular weight excluding hydrogens is 248 g/mol. The van der Waals surface area contributed by atoms with Crippen molar-refractivity contribution >= 4 is 0 Å². The SMILES string of the molecule is Cc1ccc(F)cc1C(C)(CC(C)O)C(F)(F)F. The summed E-state index contributed by atoms with van der Waals surface area (Å²) in [6, 6.07) is 3.33. The van der Waals surface area contributed by atoms with Crippen LogP contribution in [0.15, 0.2) is 18.2 Å². The second kappa shape index (κ2) is 4.88. The van der Waals surface area contributed by atoms with E-state index in [9.17, 15) is 22.7 Å². The zero-order valence-corrected chi connectivity index (χ0v) is 10.5. The third-order valence-electron chi connectivity index (χ3n) is 3.12. The van der Waals surface area contributed by atoms with Gasteiger partial charge in [-0.25, -0.2) is 4.39 Å². The van der Waals surface area contributed by atoms with Gasteiger partial charge in [-0.1, -0.05) is 6.07 Å². The number of benzene rings is 1. The molecule has 18 heavy (non-hydrogen) atoms. The molecule has 5 heteroatoms. The van der Waals surface area contributed by atoms with Crippen molar-refractivity contribution in [2.24, 2.45) is 0 Å². The number of aryl methyl sites for hydroxylation is 1. The van der Waals surface area contributed by atoms with Gasteiger partial charge in [-0.15, -0.1) is 0 Å². The molecule has 2 unspecified atom stereocenters. The third kappa shape index (κ3) is 2.83. The summed E-state index contributed by atoms with van der Waals surface area (Å²) < 4.78 is 52.9. The standard InChI is InChI=1S/C13H16F4O/c1-8-4-5-10(14)6-11(8)12(3,7-9(2)18)13(15,16)17/h4-6,9,18H,7H2,1-3H3. The maximum absolute atomic E-state index is 13.2. The molecule has 0 aliphatic rings. The first-order chi connectivity index (χ1) is 8.08. The highest BCUT2D eigenvalue weighted by Gasteiger charge is 2.53. The van der Waals surface area contributed by atoms with Gasteiger partial charge < -0.3 is 5.11 Å². The number of aliphatic hydroxyl groups excluding tert-OH is 1. The van der Waals surface area contributed by atoms with Crippen LogP contribution in [0.25, 0.3) is 0 Å². The van der Waals surface area contributed by atoms with Gasteiger partial charge in [0.05, 0.1) is 11.5 Å². The molecule has 0 amide bonds. The Morgan fingerprint density at radius 2 is 1.83 bits per heavy atom. The summed E-state index contributed by atoms with van der Waals surface area (Å²) in [5.41, 5.74) is -2.03. The first-order valence-corrected chi connectivity index (χ1v) is 5.59. The maximum Gasteiger partial charge on any atom is 0.398 e. The van der Waals surface area contributed by atoms with Crippen molar-refractivity contribution in [3.05, 3.63) is 35.1 Å². The van der Waals surface area contributed by atoms with E-state index < -0.39 is 29.9 Å². The van der Waals surface area contributed by atoms with Crippen molar-refractivity contribution < 1.29 is 22.7 Å². The Kier molecular flexibility index (Phi) is 4.05. The summed E-state index contributed by atoms with van der Waals surface area (Å²) in [6.07, 6.45) is -6.18. The zero-order chi connectivity index (χ0) is 14.1. The smallest absolute Gasteiger partial charge is 0.393 e. The highest BCUT2D eigenvalue weighted by atomic mass is 19.4. The molecule has 102 valence electrons. The Morgan fingerprint density at radius 1 is 1.28 bits per heavy atom. The van der Waals surface area contributed by atoms with Crippen LogP contribution in [0.3, 0.4) is 0 Å². The molecular formula is C13H16F4O. The summed E-state index contributed by atoms with van der Waals surface area (Å²) >= 11 is 0. The highest BCUT2D eigenvalue weighted by molar-refractivity contribution is 5.35. The summed E-state index contributed by atoms with van der Waals surface area (Å²) in [5, 5.41) is 9.28. The van der Waals surface area contributed by atoms with E-state index in [-0.39, 0.29) is 5.56 Å². The van der Waals surface area contributed by atoms with Crippen LogP contribution in [-0.4, -0.2) is 17.4 Å². The number of halogens is 4. The first kappa shape index (κ1) is 15.0. The van der Waals surface area contributed by atoms with Crippen molar-refractivity contribution in [2.45, 2.75) is 44.9 Å². The van der Waals surface area contributed by atoms with Crippen molar-refractivity contribution in [1.82, 2.24) is 0 Å². The van der Waals surface area contributed by atoms with E-state index in [4.69, 9.17) is 0 Å². The minimum Gasteiger partial charge on any atom is -0.393 e. The van der Waals surface area contributed by atoms with Gasteiger partial charge in [0.1, 0.15) is 5.82 Å². The quantitative estimate of drug-likeness (QED) is 0.825. The van der Waals surface area contributed by atoms with Crippen molar-refractivity contribution in [3.63, 3.8) is 0 Å². The molecule has 0 fully saturated rings. The molecule has 0 aliphatic carbocycles. The lowest BCUT2D eigenvalue weighted by Gasteiger charge is -2.34.